The fourth-order valence-corrected chi connectivity index (χ4v) is 5.06. The molecule has 0 aromatic heterocycles. The van der Waals surface area contributed by atoms with E-state index in [0.717, 1.165) is 29.9 Å². The molecule has 0 saturated heterocycles. The van der Waals surface area contributed by atoms with Gasteiger partial charge < -0.3 is 0 Å². The third-order valence-electron chi connectivity index (χ3n) is 5.26. The van der Waals surface area contributed by atoms with Gasteiger partial charge in [0.05, 0.1) is 4.92 Å². The average Bonchev–Trinajstić information content (AvgIpc) is 2.97. The predicted octanol–water partition coefficient (Wildman–Crippen LogP) is 4.08. The Morgan fingerprint density at radius 2 is 2.00 bits per heavy atom. The molecule has 0 radical (unpaired) electrons. The van der Waals surface area contributed by atoms with Crippen LogP contribution in [0.3, 0.4) is 0 Å². The SMILES string of the molecule is CC1(C)C(=O)[C@]2(CSc3ccc([N+](=O)[O-])cc3)CC[C@H]1C2. The van der Waals surface area contributed by atoms with Gasteiger partial charge in [-0.25, -0.2) is 0 Å². The van der Waals surface area contributed by atoms with E-state index in [1.807, 2.05) is 0 Å². The minimum absolute atomic E-state index is 0.108. The van der Waals surface area contributed by atoms with Crippen molar-refractivity contribution in [2.75, 3.05) is 5.75 Å². The highest BCUT2D eigenvalue weighted by molar-refractivity contribution is 7.99. The normalized spacial score (nSPS) is 29.8. The summed E-state index contributed by atoms with van der Waals surface area (Å²) in [7, 11) is 0. The molecule has 0 unspecified atom stereocenters. The molecule has 5 heteroatoms. The second-order valence-electron chi connectivity index (χ2n) is 6.81. The number of benzene rings is 1. The van der Waals surface area contributed by atoms with E-state index in [2.05, 4.69) is 13.8 Å². The van der Waals surface area contributed by atoms with E-state index in [0.29, 0.717) is 11.7 Å². The molecule has 1 aromatic carbocycles. The largest absolute Gasteiger partial charge is 0.298 e. The molecule has 0 amide bonds. The second-order valence-corrected chi connectivity index (χ2v) is 7.86. The molecule has 0 spiro atoms. The van der Waals surface area contributed by atoms with Gasteiger partial charge in [-0.2, -0.15) is 0 Å². The molecule has 4 nitrogen and oxygen atoms in total. The van der Waals surface area contributed by atoms with Crippen LogP contribution in [0, 0.1) is 26.9 Å². The number of carbonyl (C=O) groups is 1. The van der Waals surface area contributed by atoms with Gasteiger partial charge in [-0.1, -0.05) is 13.8 Å². The Morgan fingerprint density at radius 3 is 2.52 bits per heavy atom. The fraction of sp³-hybridized carbons (Fsp3) is 0.562. The molecule has 21 heavy (non-hydrogen) atoms. The monoisotopic (exact) mass is 305 g/mol. The molecule has 2 bridgehead atoms. The van der Waals surface area contributed by atoms with Crippen molar-refractivity contribution in [1.82, 2.24) is 0 Å². The maximum Gasteiger partial charge on any atom is 0.269 e. The summed E-state index contributed by atoms with van der Waals surface area (Å²) in [6, 6.07) is 6.60. The number of carbonyl (C=O) groups excluding carboxylic acids is 1. The lowest BCUT2D eigenvalue weighted by atomic mass is 9.71. The van der Waals surface area contributed by atoms with Crippen molar-refractivity contribution in [3.05, 3.63) is 34.4 Å². The Kier molecular flexibility index (Phi) is 3.35. The molecule has 2 atom stereocenters. The van der Waals surface area contributed by atoms with Gasteiger partial charge in [-0.15, -0.1) is 11.8 Å². The molecule has 0 heterocycles. The molecule has 1 aromatic rings. The van der Waals surface area contributed by atoms with Crippen LogP contribution < -0.4 is 0 Å². The van der Waals surface area contributed by atoms with Gasteiger partial charge in [-0.3, -0.25) is 14.9 Å². The number of hydrogen-bond acceptors (Lipinski definition) is 4. The van der Waals surface area contributed by atoms with E-state index >= 15 is 0 Å². The fourth-order valence-electron chi connectivity index (χ4n) is 3.90. The molecule has 0 N–H and O–H groups in total. The van der Waals surface area contributed by atoms with Gasteiger partial charge in [0.2, 0.25) is 0 Å². The molecular weight excluding hydrogens is 286 g/mol. The summed E-state index contributed by atoms with van der Waals surface area (Å²) in [5.41, 5.74) is -0.231. The Balaban J connectivity index is 1.71. The number of hydrogen-bond donors (Lipinski definition) is 0. The predicted molar refractivity (Wildman–Crippen MR) is 82.4 cm³/mol. The van der Waals surface area contributed by atoms with E-state index in [9.17, 15) is 14.9 Å². The van der Waals surface area contributed by atoms with Gasteiger partial charge in [-0.05, 0) is 37.3 Å². The number of non-ortho nitro benzene ring substituents is 1. The summed E-state index contributed by atoms with van der Waals surface area (Å²) in [5.74, 6) is 1.74. The third-order valence-corrected chi connectivity index (χ3v) is 6.56. The van der Waals surface area contributed by atoms with E-state index < -0.39 is 4.92 Å². The van der Waals surface area contributed by atoms with Crippen LogP contribution in [0.2, 0.25) is 0 Å². The first-order chi connectivity index (χ1) is 9.85. The summed E-state index contributed by atoms with van der Waals surface area (Å²) in [5, 5.41) is 10.7. The zero-order chi connectivity index (χ0) is 15.3. The summed E-state index contributed by atoms with van der Waals surface area (Å²) >= 11 is 1.65. The highest BCUT2D eigenvalue weighted by atomic mass is 32.2. The molecule has 2 saturated carbocycles. The Hall–Kier alpha value is -1.36. The zero-order valence-corrected chi connectivity index (χ0v) is 13.1. The molecule has 3 rings (SSSR count). The Labute approximate surface area is 128 Å². The minimum atomic E-state index is -0.391. The van der Waals surface area contributed by atoms with Crippen LogP contribution in [-0.4, -0.2) is 16.5 Å². The summed E-state index contributed by atoms with van der Waals surface area (Å²) in [6.45, 7) is 4.16. The number of nitrogens with zero attached hydrogens (tertiary/aromatic N) is 1. The van der Waals surface area contributed by atoms with E-state index in [1.165, 1.54) is 12.1 Å². The molecule has 0 aliphatic heterocycles. The van der Waals surface area contributed by atoms with Crippen molar-refractivity contribution < 1.29 is 9.72 Å². The Bertz CT molecular complexity index is 596. The van der Waals surface area contributed by atoms with Crippen LogP contribution in [0.1, 0.15) is 33.1 Å². The van der Waals surface area contributed by atoms with Crippen molar-refractivity contribution >= 4 is 23.2 Å². The van der Waals surface area contributed by atoms with Crippen LogP contribution in [0.4, 0.5) is 5.69 Å². The van der Waals surface area contributed by atoms with Crippen LogP contribution in [0.25, 0.3) is 0 Å². The van der Waals surface area contributed by atoms with Gasteiger partial charge >= 0.3 is 0 Å². The first-order valence-corrected chi connectivity index (χ1v) is 8.26. The van der Waals surface area contributed by atoms with Gasteiger partial charge in [0, 0.05) is 33.6 Å². The summed E-state index contributed by atoms with van der Waals surface area (Å²) in [6.07, 6.45) is 3.16. The lowest BCUT2D eigenvalue weighted by Crippen LogP contribution is -2.38. The van der Waals surface area contributed by atoms with Crippen molar-refractivity contribution in [2.45, 2.75) is 38.0 Å². The van der Waals surface area contributed by atoms with E-state index in [-0.39, 0.29) is 16.5 Å². The highest BCUT2D eigenvalue weighted by Gasteiger charge is 2.61. The topological polar surface area (TPSA) is 60.2 Å². The molecule has 2 fully saturated rings. The maximum absolute atomic E-state index is 12.7. The summed E-state index contributed by atoms with van der Waals surface area (Å²) in [4.78, 5) is 23.9. The number of thioether (sulfide) groups is 1. The first-order valence-electron chi connectivity index (χ1n) is 7.27. The average molecular weight is 305 g/mol. The zero-order valence-electron chi connectivity index (χ0n) is 12.3. The van der Waals surface area contributed by atoms with Crippen molar-refractivity contribution in [3.8, 4) is 0 Å². The number of Topliss-reactive ketones (excluding diaryl/α,β-unsaturated/α-hetero) is 1. The molecular formula is C16H19NO3S. The first kappa shape index (κ1) is 14.6. The molecule has 2 aliphatic carbocycles. The third kappa shape index (κ3) is 2.27. The van der Waals surface area contributed by atoms with Crippen molar-refractivity contribution in [1.29, 1.82) is 0 Å². The van der Waals surface area contributed by atoms with Gasteiger partial charge in [0.15, 0.2) is 0 Å². The van der Waals surface area contributed by atoms with Crippen molar-refractivity contribution in [3.63, 3.8) is 0 Å². The van der Waals surface area contributed by atoms with E-state index in [1.54, 1.807) is 23.9 Å². The van der Waals surface area contributed by atoms with Crippen LogP contribution in [0.5, 0.6) is 0 Å². The van der Waals surface area contributed by atoms with Crippen LogP contribution in [0.15, 0.2) is 29.2 Å². The molecule has 2 aliphatic rings. The second kappa shape index (κ2) is 4.83. The summed E-state index contributed by atoms with van der Waals surface area (Å²) < 4.78 is 0. The van der Waals surface area contributed by atoms with Gasteiger partial charge in [0.1, 0.15) is 5.78 Å². The number of fused-ring (bicyclic) bond motifs is 2. The number of ketones is 1. The highest BCUT2D eigenvalue weighted by Crippen LogP contribution is 2.61. The van der Waals surface area contributed by atoms with Gasteiger partial charge in [0.25, 0.3) is 5.69 Å². The molecule has 112 valence electrons. The van der Waals surface area contributed by atoms with Crippen molar-refractivity contribution in [2.24, 2.45) is 16.7 Å². The van der Waals surface area contributed by atoms with Crippen LogP contribution >= 0.6 is 11.8 Å². The lowest BCUT2D eigenvalue weighted by molar-refractivity contribution is -0.384. The smallest absolute Gasteiger partial charge is 0.269 e. The number of nitro benzene ring substituents is 1. The number of rotatable bonds is 4. The minimum Gasteiger partial charge on any atom is -0.298 e. The maximum atomic E-state index is 12.7. The Morgan fingerprint density at radius 1 is 1.33 bits per heavy atom. The number of nitro groups is 1. The lowest BCUT2D eigenvalue weighted by Gasteiger charge is -2.33. The standard InChI is InChI=1S/C16H19NO3S/c1-15(2)11-7-8-16(9-11,14(15)18)10-21-13-5-3-12(4-6-13)17(19)20/h3-6,11H,7-10H2,1-2H3/t11-,16+/m0/s1. The van der Waals surface area contributed by atoms with E-state index in [4.69, 9.17) is 0 Å². The quantitative estimate of drug-likeness (QED) is 0.478. The van der Waals surface area contributed by atoms with Crippen LogP contribution in [-0.2, 0) is 4.79 Å².